The number of fused-ring (bicyclic) bond motifs is 1. The summed E-state index contributed by atoms with van der Waals surface area (Å²) in [5, 5.41) is 2.92. The Hall–Kier alpha value is -1.79. The number of nitrogens with one attached hydrogen (secondary N) is 1. The number of carbonyl (C=O) groups is 1. The van der Waals surface area contributed by atoms with Crippen molar-refractivity contribution in [2.45, 2.75) is 11.8 Å². The van der Waals surface area contributed by atoms with Crippen LogP contribution in [0.4, 0.5) is 5.69 Å². The number of halogens is 1. The molecule has 0 radical (unpaired) electrons. The van der Waals surface area contributed by atoms with E-state index in [1.807, 2.05) is 42.7 Å². The number of hydrogen-bond acceptors (Lipinski definition) is 4. The van der Waals surface area contributed by atoms with Crippen molar-refractivity contribution in [3.8, 4) is 0 Å². The highest BCUT2D eigenvalue weighted by molar-refractivity contribution is 9.10. The third-order valence-corrected chi connectivity index (χ3v) is 4.79. The molecule has 0 bridgehead atoms. The van der Waals surface area contributed by atoms with Crippen LogP contribution < -0.4 is 5.32 Å². The van der Waals surface area contributed by atoms with Gasteiger partial charge in [-0.05, 0) is 46.5 Å². The molecular weight excluding hydrogens is 364 g/mol. The molecule has 6 heteroatoms. The van der Waals surface area contributed by atoms with Crippen molar-refractivity contribution in [1.29, 1.82) is 0 Å². The van der Waals surface area contributed by atoms with E-state index < -0.39 is 0 Å². The predicted molar refractivity (Wildman–Crippen MR) is 92.6 cm³/mol. The monoisotopic (exact) mass is 376 g/mol. The van der Waals surface area contributed by atoms with E-state index in [0.29, 0.717) is 27.2 Å². The van der Waals surface area contributed by atoms with E-state index >= 15 is 0 Å². The van der Waals surface area contributed by atoms with E-state index in [-0.39, 0.29) is 5.91 Å². The first-order chi connectivity index (χ1) is 10.6. The van der Waals surface area contributed by atoms with Gasteiger partial charge in [0.25, 0.3) is 5.91 Å². The van der Waals surface area contributed by atoms with Crippen molar-refractivity contribution < 1.29 is 9.21 Å². The predicted octanol–water partition coefficient (Wildman–Crippen LogP) is 4.87. The molecular formula is C16H13BrN2O2S. The summed E-state index contributed by atoms with van der Waals surface area (Å²) in [4.78, 5) is 17.7. The molecule has 1 aromatic heterocycles. The molecule has 0 saturated carbocycles. The molecule has 22 heavy (non-hydrogen) atoms. The summed E-state index contributed by atoms with van der Waals surface area (Å²) in [5.41, 5.74) is 2.70. The van der Waals surface area contributed by atoms with E-state index in [1.54, 1.807) is 18.7 Å². The van der Waals surface area contributed by atoms with E-state index in [2.05, 4.69) is 26.2 Å². The zero-order valence-corrected chi connectivity index (χ0v) is 14.4. The van der Waals surface area contributed by atoms with E-state index in [9.17, 15) is 4.79 Å². The number of aryl methyl sites for hydroxylation is 1. The van der Waals surface area contributed by atoms with Crippen LogP contribution in [0.1, 0.15) is 16.2 Å². The molecule has 0 saturated heterocycles. The first-order valence-corrected chi connectivity index (χ1v) is 8.62. The van der Waals surface area contributed by atoms with Crippen LogP contribution in [0, 0.1) is 6.92 Å². The minimum absolute atomic E-state index is 0.152. The molecule has 112 valence electrons. The highest BCUT2D eigenvalue weighted by Gasteiger charge is 2.15. The van der Waals surface area contributed by atoms with Crippen molar-refractivity contribution in [3.63, 3.8) is 0 Å². The molecule has 0 aliphatic heterocycles. The Bertz CT molecular complexity index is 860. The summed E-state index contributed by atoms with van der Waals surface area (Å²) in [7, 11) is 0. The van der Waals surface area contributed by atoms with Crippen molar-refractivity contribution in [2.24, 2.45) is 0 Å². The lowest BCUT2D eigenvalue weighted by atomic mass is 10.2. The minimum Gasteiger partial charge on any atom is -0.440 e. The van der Waals surface area contributed by atoms with Crippen molar-refractivity contribution in [1.82, 2.24) is 4.98 Å². The minimum atomic E-state index is -0.152. The number of thioether (sulfide) groups is 1. The van der Waals surface area contributed by atoms with Gasteiger partial charge in [-0.25, -0.2) is 4.98 Å². The number of rotatable bonds is 3. The average molecular weight is 377 g/mol. The Morgan fingerprint density at radius 1 is 1.27 bits per heavy atom. The number of amides is 1. The third kappa shape index (κ3) is 2.76. The summed E-state index contributed by atoms with van der Waals surface area (Å²) < 4.78 is 6.25. The van der Waals surface area contributed by atoms with Crippen LogP contribution in [0.15, 0.2) is 50.2 Å². The smallest absolute Gasteiger partial charge is 0.256 e. The van der Waals surface area contributed by atoms with Gasteiger partial charge in [-0.3, -0.25) is 4.79 Å². The van der Waals surface area contributed by atoms with Gasteiger partial charge >= 0.3 is 0 Å². The van der Waals surface area contributed by atoms with E-state index in [0.717, 1.165) is 10.4 Å². The molecule has 0 unspecified atom stereocenters. The van der Waals surface area contributed by atoms with Crippen molar-refractivity contribution >= 4 is 50.4 Å². The maximum absolute atomic E-state index is 12.5. The van der Waals surface area contributed by atoms with Crippen LogP contribution in [-0.2, 0) is 0 Å². The molecule has 0 spiro atoms. The van der Waals surface area contributed by atoms with Crippen LogP contribution >= 0.6 is 27.7 Å². The molecule has 2 aromatic carbocycles. The summed E-state index contributed by atoms with van der Waals surface area (Å²) in [6.07, 6.45) is 1.95. The largest absolute Gasteiger partial charge is 0.440 e. The zero-order chi connectivity index (χ0) is 15.7. The second-order valence-corrected chi connectivity index (χ2v) is 6.30. The molecule has 4 nitrogen and oxygen atoms in total. The van der Waals surface area contributed by atoms with E-state index in [4.69, 9.17) is 4.42 Å². The molecule has 0 aliphatic carbocycles. The fourth-order valence-corrected chi connectivity index (χ4v) is 3.30. The van der Waals surface area contributed by atoms with Gasteiger partial charge in [-0.15, -0.1) is 11.8 Å². The highest BCUT2D eigenvalue weighted by atomic mass is 79.9. The SMILES string of the molecule is CSc1ccccc1C(=O)Nc1ccc2nc(C)oc2c1Br. The molecule has 3 rings (SSSR count). The number of anilines is 1. The van der Waals surface area contributed by atoms with Crippen LogP contribution in [0.3, 0.4) is 0 Å². The van der Waals surface area contributed by atoms with Gasteiger partial charge in [0.15, 0.2) is 11.5 Å². The lowest BCUT2D eigenvalue weighted by molar-refractivity contribution is 0.102. The van der Waals surface area contributed by atoms with Crippen LogP contribution in [0.5, 0.6) is 0 Å². The maximum Gasteiger partial charge on any atom is 0.256 e. The van der Waals surface area contributed by atoms with Crippen LogP contribution in [-0.4, -0.2) is 17.1 Å². The van der Waals surface area contributed by atoms with Crippen LogP contribution in [0.2, 0.25) is 0 Å². The Balaban J connectivity index is 1.96. The first-order valence-electron chi connectivity index (χ1n) is 6.60. The Morgan fingerprint density at radius 2 is 2.05 bits per heavy atom. The lowest BCUT2D eigenvalue weighted by Crippen LogP contribution is -2.13. The number of oxazole rings is 1. The topological polar surface area (TPSA) is 55.1 Å². The van der Waals surface area contributed by atoms with Gasteiger partial charge in [0.1, 0.15) is 5.52 Å². The summed E-state index contributed by atoms with van der Waals surface area (Å²) >= 11 is 5.02. The lowest BCUT2D eigenvalue weighted by Gasteiger charge is -2.10. The summed E-state index contributed by atoms with van der Waals surface area (Å²) in [6, 6.07) is 11.2. The van der Waals surface area contributed by atoms with Crippen molar-refractivity contribution in [2.75, 3.05) is 11.6 Å². The van der Waals surface area contributed by atoms with Gasteiger partial charge in [0, 0.05) is 11.8 Å². The second kappa shape index (κ2) is 6.14. The Labute approximate surface area is 140 Å². The molecule has 1 amide bonds. The molecule has 1 heterocycles. The summed E-state index contributed by atoms with van der Waals surface area (Å²) in [5.74, 6) is 0.438. The quantitative estimate of drug-likeness (QED) is 0.662. The number of aromatic nitrogens is 1. The standard InChI is InChI=1S/C16H13BrN2O2S/c1-9-18-12-8-7-11(14(17)15(12)21-9)19-16(20)10-5-3-4-6-13(10)22-2/h3-8H,1-2H3,(H,19,20). The third-order valence-electron chi connectivity index (χ3n) is 3.20. The van der Waals surface area contributed by atoms with Gasteiger partial charge in [-0.1, -0.05) is 12.1 Å². The molecule has 0 fully saturated rings. The normalized spacial score (nSPS) is 10.9. The summed E-state index contributed by atoms with van der Waals surface area (Å²) in [6.45, 7) is 1.79. The van der Waals surface area contributed by atoms with Crippen molar-refractivity contribution in [3.05, 3.63) is 52.3 Å². The molecule has 1 N–H and O–H groups in total. The molecule has 3 aromatic rings. The van der Waals surface area contributed by atoms with Gasteiger partial charge in [0.2, 0.25) is 0 Å². The fraction of sp³-hybridized carbons (Fsp3) is 0.125. The number of carbonyl (C=O) groups excluding carboxylic acids is 1. The number of benzene rings is 2. The van der Waals surface area contributed by atoms with Gasteiger partial charge < -0.3 is 9.73 Å². The van der Waals surface area contributed by atoms with E-state index in [1.165, 1.54) is 0 Å². The zero-order valence-electron chi connectivity index (χ0n) is 12.0. The van der Waals surface area contributed by atoms with Gasteiger partial charge in [0.05, 0.1) is 15.7 Å². The second-order valence-electron chi connectivity index (χ2n) is 4.66. The van der Waals surface area contributed by atoms with Gasteiger partial charge in [-0.2, -0.15) is 0 Å². The highest BCUT2D eigenvalue weighted by Crippen LogP contribution is 2.32. The fourth-order valence-electron chi connectivity index (χ4n) is 2.19. The van der Waals surface area contributed by atoms with Crippen LogP contribution in [0.25, 0.3) is 11.1 Å². The molecule has 0 atom stereocenters. The Morgan fingerprint density at radius 3 is 2.82 bits per heavy atom. The number of nitrogens with zero attached hydrogens (tertiary/aromatic N) is 1. The molecule has 0 aliphatic rings. The average Bonchev–Trinajstić information content (AvgIpc) is 2.91. The Kier molecular flexibility index (Phi) is 4.22. The number of hydrogen-bond donors (Lipinski definition) is 1. The maximum atomic E-state index is 12.5. The first kappa shape index (κ1) is 15.1.